The van der Waals surface area contributed by atoms with Crippen molar-refractivity contribution in [2.75, 3.05) is 5.32 Å². The van der Waals surface area contributed by atoms with E-state index < -0.39 is 23.2 Å². The van der Waals surface area contributed by atoms with Gasteiger partial charge in [0.1, 0.15) is 0 Å². The quantitative estimate of drug-likeness (QED) is 0.313. The molecule has 0 atom stereocenters. The number of phenolic OH excluding ortho intramolecular Hbond substituents is 3. The standard InChI is InChI=1S/C19H19N3O5/c1-10(11-4-6-14(7-5-11)20-18(26)12-2-3-12)21-22-19(27)13-8-15(23)17(25)16(24)9-13/h4-9,12,23-25H,2-3H2,1H3,(H,20,26)(H,22,27)/b21-10+. The van der Waals surface area contributed by atoms with E-state index in [1.165, 1.54) is 0 Å². The van der Waals surface area contributed by atoms with Crippen LogP contribution in [0, 0.1) is 5.92 Å². The third-order valence-corrected chi connectivity index (χ3v) is 4.18. The van der Waals surface area contributed by atoms with Gasteiger partial charge in [-0.05, 0) is 49.6 Å². The zero-order valence-corrected chi connectivity index (χ0v) is 14.6. The van der Waals surface area contributed by atoms with Crippen molar-refractivity contribution in [3.05, 3.63) is 47.5 Å². The number of nitrogens with zero attached hydrogens (tertiary/aromatic N) is 1. The summed E-state index contributed by atoms with van der Waals surface area (Å²) < 4.78 is 0. The Morgan fingerprint density at radius 3 is 2.15 bits per heavy atom. The second kappa shape index (κ2) is 7.36. The van der Waals surface area contributed by atoms with Crippen molar-refractivity contribution in [2.45, 2.75) is 19.8 Å². The average Bonchev–Trinajstić information content (AvgIpc) is 3.49. The average molecular weight is 369 g/mol. The lowest BCUT2D eigenvalue weighted by Crippen LogP contribution is -2.19. The van der Waals surface area contributed by atoms with Crippen LogP contribution in [-0.4, -0.2) is 32.8 Å². The number of hydrogen-bond donors (Lipinski definition) is 5. The Balaban J connectivity index is 1.64. The Labute approximate surface area is 155 Å². The highest BCUT2D eigenvalue weighted by Crippen LogP contribution is 2.35. The van der Waals surface area contributed by atoms with Gasteiger partial charge in [0, 0.05) is 17.2 Å². The Hall–Kier alpha value is -3.55. The lowest BCUT2D eigenvalue weighted by atomic mass is 10.1. The molecule has 2 aromatic carbocycles. The van der Waals surface area contributed by atoms with Crippen LogP contribution in [-0.2, 0) is 4.79 Å². The number of anilines is 1. The predicted molar refractivity (Wildman–Crippen MR) is 98.9 cm³/mol. The van der Waals surface area contributed by atoms with Crippen LogP contribution in [0.5, 0.6) is 17.2 Å². The molecule has 140 valence electrons. The maximum absolute atomic E-state index is 12.1. The Kier molecular flexibility index (Phi) is 4.98. The van der Waals surface area contributed by atoms with Crippen LogP contribution in [0.4, 0.5) is 5.69 Å². The van der Waals surface area contributed by atoms with E-state index in [2.05, 4.69) is 15.8 Å². The second-order valence-corrected chi connectivity index (χ2v) is 6.34. The molecule has 1 saturated carbocycles. The zero-order valence-electron chi connectivity index (χ0n) is 14.6. The van der Waals surface area contributed by atoms with E-state index in [9.17, 15) is 24.9 Å². The van der Waals surface area contributed by atoms with Gasteiger partial charge in [-0.3, -0.25) is 9.59 Å². The molecule has 0 spiro atoms. The summed E-state index contributed by atoms with van der Waals surface area (Å²) in [6.45, 7) is 1.70. The fraction of sp³-hybridized carbons (Fsp3) is 0.211. The van der Waals surface area contributed by atoms with Gasteiger partial charge in [0.25, 0.3) is 5.91 Å². The summed E-state index contributed by atoms with van der Waals surface area (Å²) in [5, 5.41) is 35.0. The molecule has 0 aromatic heterocycles. The van der Waals surface area contributed by atoms with E-state index in [0.29, 0.717) is 11.4 Å². The van der Waals surface area contributed by atoms with Gasteiger partial charge in [-0.25, -0.2) is 5.43 Å². The first-order chi connectivity index (χ1) is 12.8. The number of carbonyl (C=O) groups is 2. The first-order valence-corrected chi connectivity index (χ1v) is 8.36. The maximum Gasteiger partial charge on any atom is 0.271 e. The summed E-state index contributed by atoms with van der Waals surface area (Å²) in [4.78, 5) is 23.8. The number of aromatic hydroxyl groups is 3. The number of carbonyl (C=O) groups excluding carboxylic acids is 2. The summed E-state index contributed by atoms with van der Waals surface area (Å²) in [5.41, 5.74) is 4.23. The molecule has 0 unspecified atom stereocenters. The van der Waals surface area contributed by atoms with Crippen molar-refractivity contribution >= 4 is 23.2 Å². The lowest BCUT2D eigenvalue weighted by molar-refractivity contribution is -0.117. The number of hydrazone groups is 1. The lowest BCUT2D eigenvalue weighted by Gasteiger charge is -2.07. The monoisotopic (exact) mass is 369 g/mol. The van der Waals surface area contributed by atoms with Crippen LogP contribution in [0.3, 0.4) is 0 Å². The third-order valence-electron chi connectivity index (χ3n) is 4.18. The third kappa shape index (κ3) is 4.35. The van der Waals surface area contributed by atoms with Crippen LogP contribution in [0.15, 0.2) is 41.5 Å². The molecular formula is C19H19N3O5. The van der Waals surface area contributed by atoms with Gasteiger partial charge < -0.3 is 20.6 Å². The number of hydrogen-bond acceptors (Lipinski definition) is 6. The van der Waals surface area contributed by atoms with Gasteiger partial charge in [-0.2, -0.15) is 5.10 Å². The molecule has 2 aromatic rings. The fourth-order valence-electron chi connectivity index (χ4n) is 2.38. The molecule has 3 rings (SSSR count). The molecule has 0 bridgehead atoms. The first-order valence-electron chi connectivity index (χ1n) is 8.36. The van der Waals surface area contributed by atoms with Gasteiger partial charge in [0.2, 0.25) is 5.91 Å². The molecule has 1 fully saturated rings. The number of benzene rings is 2. The minimum absolute atomic E-state index is 0.0285. The van der Waals surface area contributed by atoms with Crippen LogP contribution in [0.25, 0.3) is 0 Å². The zero-order chi connectivity index (χ0) is 19.6. The molecule has 1 aliphatic carbocycles. The highest BCUT2D eigenvalue weighted by molar-refractivity contribution is 6.01. The van der Waals surface area contributed by atoms with Gasteiger partial charge in [0.05, 0.1) is 5.71 Å². The van der Waals surface area contributed by atoms with Crippen molar-refractivity contribution in [2.24, 2.45) is 11.0 Å². The van der Waals surface area contributed by atoms with E-state index in [4.69, 9.17) is 0 Å². The van der Waals surface area contributed by atoms with Gasteiger partial charge in [0.15, 0.2) is 17.2 Å². The largest absolute Gasteiger partial charge is 0.504 e. The van der Waals surface area contributed by atoms with Gasteiger partial charge in [-0.1, -0.05) is 12.1 Å². The fourth-order valence-corrected chi connectivity index (χ4v) is 2.38. The van der Waals surface area contributed by atoms with Crippen molar-refractivity contribution < 1.29 is 24.9 Å². The minimum Gasteiger partial charge on any atom is -0.504 e. The van der Waals surface area contributed by atoms with Crippen molar-refractivity contribution in [1.29, 1.82) is 0 Å². The minimum atomic E-state index is -0.694. The van der Waals surface area contributed by atoms with Crippen LogP contribution >= 0.6 is 0 Å². The summed E-state index contributed by atoms with van der Waals surface area (Å²) in [5.74, 6) is -2.41. The maximum atomic E-state index is 12.1. The molecule has 1 aliphatic rings. The van der Waals surface area contributed by atoms with Crippen molar-refractivity contribution in [3.63, 3.8) is 0 Å². The van der Waals surface area contributed by atoms with Crippen molar-refractivity contribution in [1.82, 2.24) is 5.43 Å². The van der Waals surface area contributed by atoms with E-state index in [1.54, 1.807) is 31.2 Å². The van der Waals surface area contributed by atoms with E-state index in [-0.39, 0.29) is 17.4 Å². The van der Waals surface area contributed by atoms with E-state index in [0.717, 1.165) is 30.5 Å². The Morgan fingerprint density at radius 1 is 1.00 bits per heavy atom. The van der Waals surface area contributed by atoms with E-state index >= 15 is 0 Å². The molecule has 0 aliphatic heterocycles. The predicted octanol–water partition coefficient (Wildman–Crippen LogP) is 2.31. The first kappa shape index (κ1) is 18.2. The Morgan fingerprint density at radius 2 is 1.59 bits per heavy atom. The number of phenols is 3. The number of nitrogens with one attached hydrogen (secondary N) is 2. The molecule has 8 heteroatoms. The van der Waals surface area contributed by atoms with E-state index in [1.807, 2.05) is 0 Å². The molecule has 0 radical (unpaired) electrons. The smallest absolute Gasteiger partial charge is 0.271 e. The molecule has 0 saturated heterocycles. The summed E-state index contributed by atoms with van der Waals surface area (Å²) in [7, 11) is 0. The SMILES string of the molecule is C/C(=N\NC(=O)c1cc(O)c(O)c(O)c1)c1ccc(NC(=O)C2CC2)cc1. The number of rotatable bonds is 5. The second-order valence-electron chi connectivity index (χ2n) is 6.34. The molecule has 8 nitrogen and oxygen atoms in total. The molecule has 5 N–H and O–H groups in total. The summed E-state index contributed by atoms with van der Waals surface area (Å²) in [6, 6.07) is 9.09. The van der Waals surface area contributed by atoms with Crippen LogP contribution in [0.2, 0.25) is 0 Å². The van der Waals surface area contributed by atoms with Gasteiger partial charge >= 0.3 is 0 Å². The highest BCUT2D eigenvalue weighted by atomic mass is 16.3. The highest BCUT2D eigenvalue weighted by Gasteiger charge is 2.29. The molecular weight excluding hydrogens is 350 g/mol. The molecule has 0 heterocycles. The Bertz CT molecular complexity index is 894. The van der Waals surface area contributed by atoms with Crippen molar-refractivity contribution in [3.8, 4) is 17.2 Å². The number of amides is 2. The normalized spacial score (nSPS) is 13.9. The summed E-state index contributed by atoms with van der Waals surface area (Å²) in [6.07, 6.45) is 1.87. The molecule has 2 amide bonds. The van der Waals surface area contributed by atoms with Gasteiger partial charge in [-0.15, -0.1) is 0 Å². The summed E-state index contributed by atoms with van der Waals surface area (Å²) >= 11 is 0. The topological polar surface area (TPSA) is 131 Å². The van der Waals surface area contributed by atoms with Crippen LogP contribution in [0.1, 0.15) is 35.7 Å². The molecule has 27 heavy (non-hydrogen) atoms. The van der Waals surface area contributed by atoms with Crippen LogP contribution < -0.4 is 10.7 Å².